The largest absolute Gasteiger partial charge is 0.366 e. The maximum absolute atomic E-state index is 11.3. The van der Waals surface area contributed by atoms with Crippen LogP contribution in [0.5, 0.6) is 0 Å². The van der Waals surface area contributed by atoms with Crippen LogP contribution in [0.3, 0.4) is 0 Å². The number of carbonyl (C=O) groups is 1. The minimum atomic E-state index is -0.390. The number of primary amides is 1. The van der Waals surface area contributed by atoms with Crippen LogP contribution in [-0.2, 0) is 0 Å². The van der Waals surface area contributed by atoms with E-state index in [4.69, 9.17) is 5.73 Å². The molecule has 2 aliphatic heterocycles. The highest BCUT2D eigenvalue weighted by molar-refractivity contribution is 9.10. The van der Waals surface area contributed by atoms with Crippen molar-refractivity contribution < 1.29 is 4.79 Å². The number of benzene rings is 1. The van der Waals surface area contributed by atoms with Crippen molar-refractivity contribution in [3.8, 4) is 0 Å². The number of nitrogens with one attached hydrogen (secondary N) is 1. The first-order chi connectivity index (χ1) is 9.41. The molecule has 1 aromatic rings. The molecule has 2 aliphatic rings. The lowest BCUT2D eigenvalue weighted by Crippen LogP contribution is -2.44. The SMILES string of the molecule is CC1(C)C2CNCC2CN1c1ccc(C(N)=O)cc1Br. The van der Waals surface area contributed by atoms with Crippen LogP contribution < -0.4 is 16.0 Å². The van der Waals surface area contributed by atoms with Crippen molar-refractivity contribution in [2.45, 2.75) is 19.4 Å². The van der Waals surface area contributed by atoms with E-state index in [1.807, 2.05) is 18.2 Å². The second kappa shape index (κ2) is 4.74. The molecule has 0 bridgehead atoms. The van der Waals surface area contributed by atoms with Gasteiger partial charge < -0.3 is 16.0 Å². The molecule has 0 radical (unpaired) electrons. The zero-order valence-electron chi connectivity index (χ0n) is 11.8. The summed E-state index contributed by atoms with van der Waals surface area (Å²) in [5.74, 6) is 0.983. The summed E-state index contributed by atoms with van der Waals surface area (Å²) in [5.41, 5.74) is 7.14. The number of halogens is 1. The van der Waals surface area contributed by atoms with E-state index in [1.54, 1.807) is 0 Å². The molecule has 5 heteroatoms. The van der Waals surface area contributed by atoms with Gasteiger partial charge in [0.2, 0.25) is 5.91 Å². The highest BCUT2D eigenvalue weighted by Gasteiger charge is 2.49. The second-order valence-corrected chi connectivity index (χ2v) is 7.17. The van der Waals surface area contributed by atoms with Gasteiger partial charge in [-0.25, -0.2) is 0 Å². The van der Waals surface area contributed by atoms with Crippen molar-refractivity contribution in [2.75, 3.05) is 24.5 Å². The molecule has 0 aliphatic carbocycles. The molecule has 3 rings (SSSR count). The average Bonchev–Trinajstić information content (AvgIpc) is 2.92. The van der Waals surface area contributed by atoms with Gasteiger partial charge in [-0.3, -0.25) is 4.79 Å². The molecule has 0 aromatic heterocycles. The number of fused-ring (bicyclic) bond motifs is 1. The zero-order chi connectivity index (χ0) is 14.5. The molecule has 2 fully saturated rings. The van der Waals surface area contributed by atoms with Crippen LogP contribution in [0.2, 0.25) is 0 Å². The fourth-order valence-electron chi connectivity index (χ4n) is 3.71. The van der Waals surface area contributed by atoms with E-state index in [-0.39, 0.29) is 11.4 Å². The molecule has 2 atom stereocenters. The van der Waals surface area contributed by atoms with Crippen molar-refractivity contribution in [2.24, 2.45) is 17.6 Å². The third-order valence-corrected chi connectivity index (χ3v) is 5.52. The smallest absolute Gasteiger partial charge is 0.248 e. The zero-order valence-corrected chi connectivity index (χ0v) is 13.4. The number of amides is 1. The molecule has 1 amide bonds. The summed E-state index contributed by atoms with van der Waals surface area (Å²) >= 11 is 3.59. The molecule has 1 aromatic carbocycles. The van der Waals surface area contributed by atoms with E-state index >= 15 is 0 Å². The van der Waals surface area contributed by atoms with Gasteiger partial charge in [-0.2, -0.15) is 0 Å². The van der Waals surface area contributed by atoms with Crippen LogP contribution in [0, 0.1) is 11.8 Å². The van der Waals surface area contributed by atoms with Gasteiger partial charge in [0.15, 0.2) is 0 Å². The van der Waals surface area contributed by atoms with Crippen molar-refractivity contribution in [1.29, 1.82) is 0 Å². The van der Waals surface area contributed by atoms with Gasteiger partial charge in [-0.05, 0) is 59.8 Å². The summed E-state index contributed by atoms with van der Waals surface area (Å²) in [6.45, 7) is 7.85. The minimum absolute atomic E-state index is 0.116. The van der Waals surface area contributed by atoms with E-state index in [1.165, 1.54) is 0 Å². The van der Waals surface area contributed by atoms with Crippen molar-refractivity contribution >= 4 is 27.5 Å². The summed E-state index contributed by atoms with van der Waals surface area (Å²) in [6, 6.07) is 5.63. The maximum atomic E-state index is 11.3. The summed E-state index contributed by atoms with van der Waals surface area (Å²) in [6.07, 6.45) is 0. The van der Waals surface area contributed by atoms with Gasteiger partial charge in [-0.1, -0.05) is 0 Å². The lowest BCUT2D eigenvalue weighted by Gasteiger charge is -2.38. The molecule has 0 saturated carbocycles. The minimum Gasteiger partial charge on any atom is -0.366 e. The first-order valence-corrected chi connectivity index (χ1v) is 7.78. The second-order valence-electron chi connectivity index (χ2n) is 6.32. The Morgan fingerprint density at radius 1 is 1.45 bits per heavy atom. The van der Waals surface area contributed by atoms with E-state index in [2.05, 4.69) is 40.0 Å². The number of nitrogens with zero attached hydrogens (tertiary/aromatic N) is 1. The maximum Gasteiger partial charge on any atom is 0.248 e. The van der Waals surface area contributed by atoms with Gasteiger partial charge in [0.1, 0.15) is 0 Å². The lowest BCUT2D eigenvalue weighted by atomic mass is 9.84. The molecule has 2 unspecified atom stereocenters. The first kappa shape index (κ1) is 13.9. The number of rotatable bonds is 2. The molecule has 2 saturated heterocycles. The summed E-state index contributed by atoms with van der Waals surface area (Å²) in [4.78, 5) is 13.7. The van der Waals surface area contributed by atoms with Gasteiger partial charge >= 0.3 is 0 Å². The molecule has 0 spiro atoms. The van der Waals surface area contributed by atoms with Crippen LogP contribution in [0.25, 0.3) is 0 Å². The Labute approximate surface area is 127 Å². The molecule has 2 heterocycles. The molecule has 108 valence electrons. The predicted molar refractivity (Wildman–Crippen MR) is 83.9 cm³/mol. The average molecular weight is 338 g/mol. The topological polar surface area (TPSA) is 58.4 Å². The molecule has 3 N–H and O–H groups in total. The van der Waals surface area contributed by atoms with Gasteiger partial charge in [0, 0.05) is 35.2 Å². The Balaban J connectivity index is 1.95. The lowest BCUT2D eigenvalue weighted by molar-refractivity contribution is 0.100. The van der Waals surface area contributed by atoms with E-state index in [0.29, 0.717) is 17.4 Å². The highest BCUT2D eigenvalue weighted by Crippen LogP contribution is 2.45. The van der Waals surface area contributed by atoms with Crippen LogP contribution in [0.1, 0.15) is 24.2 Å². The van der Waals surface area contributed by atoms with Crippen molar-refractivity contribution in [3.05, 3.63) is 28.2 Å². The number of anilines is 1. The molecular weight excluding hydrogens is 318 g/mol. The number of carbonyl (C=O) groups excluding carboxylic acids is 1. The number of nitrogens with two attached hydrogens (primary N) is 1. The Hall–Kier alpha value is -1.07. The molecule has 4 nitrogen and oxygen atoms in total. The monoisotopic (exact) mass is 337 g/mol. The first-order valence-electron chi connectivity index (χ1n) is 6.99. The Bertz CT molecular complexity index is 558. The van der Waals surface area contributed by atoms with Crippen molar-refractivity contribution in [3.63, 3.8) is 0 Å². The summed E-state index contributed by atoms with van der Waals surface area (Å²) in [5, 5.41) is 3.49. The number of hydrogen-bond acceptors (Lipinski definition) is 3. The van der Waals surface area contributed by atoms with Gasteiger partial charge in [-0.15, -0.1) is 0 Å². The Morgan fingerprint density at radius 2 is 2.20 bits per heavy atom. The molecular formula is C15H20BrN3O. The summed E-state index contributed by atoms with van der Waals surface area (Å²) in [7, 11) is 0. The Kier molecular flexibility index (Phi) is 3.29. The van der Waals surface area contributed by atoms with E-state index < -0.39 is 0 Å². The third-order valence-electron chi connectivity index (χ3n) is 4.88. The van der Waals surface area contributed by atoms with Gasteiger partial charge in [0.25, 0.3) is 0 Å². The summed E-state index contributed by atoms with van der Waals surface area (Å²) < 4.78 is 0.940. The quantitative estimate of drug-likeness (QED) is 0.867. The van der Waals surface area contributed by atoms with Crippen LogP contribution >= 0.6 is 15.9 Å². The van der Waals surface area contributed by atoms with Crippen molar-refractivity contribution in [1.82, 2.24) is 5.32 Å². The standard InChI is InChI=1S/C15H20BrN3O/c1-15(2)11-7-18-6-10(11)8-19(15)13-4-3-9(14(17)20)5-12(13)16/h3-5,10-11,18H,6-8H2,1-2H3,(H2,17,20). The van der Waals surface area contributed by atoms with Crippen LogP contribution in [0.4, 0.5) is 5.69 Å². The predicted octanol–water partition coefficient (Wildman–Crippen LogP) is 1.98. The highest BCUT2D eigenvalue weighted by atomic mass is 79.9. The molecule has 20 heavy (non-hydrogen) atoms. The van der Waals surface area contributed by atoms with E-state index in [9.17, 15) is 4.79 Å². The Morgan fingerprint density at radius 3 is 2.80 bits per heavy atom. The third kappa shape index (κ3) is 2.04. The fraction of sp³-hybridized carbons (Fsp3) is 0.533. The van der Waals surface area contributed by atoms with E-state index in [0.717, 1.165) is 29.8 Å². The van der Waals surface area contributed by atoms with Crippen LogP contribution in [0.15, 0.2) is 22.7 Å². The van der Waals surface area contributed by atoms with Crippen LogP contribution in [-0.4, -0.2) is 31.1 Å². The fourth-order valence-corrected chi connectivity index (χ4v) is 4.30. The number of hydrogen-bond donors (Lipinski definition) is 2. The normalized spacial score (nSPS) is 27.6. The van der Waals surface area contributed by atoms with Gasteiger partial charge in [0.05, 0.1) is 5.69 Å².